The number of aryl methyl sites for hydroxylation is 2. The van der Waals surface area contributed by atoms with Gasteiger partial charge in [0.2, 0.25) is 0 Å². The van der Waals surface area contributed by atoms with Crippen molar-refractivity contribution in [2.45, 2.75) is 59.3 Å². The van der Waals surface area contributed by atoms with Gasteiger partial charge in [0.1, 0.15) is 0 Å². The van der Waals surface area contributed by atoms with E-state index in [0.29, 0.717) is 0 Å². The van der Waals surface area contributed by atoms with Gasteiger partial charge in [-0.1, -0.05) is 57.9 Å². The second-order valence-electron chi connectivity index (χ2n) is 4.37. The molecule has 1 aromatic rings. The molecule has 0 amide bonds. The monoisotopic (exact) mass is 250 g/mol. The van der Waals surface area contributed by atoms with Crippen molar-refractivity contribution in [3.63, 3.8) is 0 Å². The number of carboxylic acids is 1. The molecule has 0 aliphatic carbocycles. The Morgan fingerprint density at radius 2 is 1.50 bits per heavy atom. The maximum atomic E-state index is 9.37. The van der Waals surface area contributed by atoms with Gasteiger partial charge in [-0.05, 0) is 30.4 Å². The maximum Gasteiger partial charge on any atom is 0.303 e. The van der Waals surface area contributed by atoms with Crippen LogP contribution in [0, 0.1) is 0 Å². The van der Waals surface area contributed by atoms with Crippen molar-refractivity contribution in [3.8, 4) is 0 Å². The highest BCUT2D eigenvalue weighted by Gasteiger charge is 1.99. The molecule has 1 N–H and O–H groups in total. The van der Waals surface area contributed by atoms with E-state index in [4.69, 9.17) is 5.11 Å². The third kappa shape index (κ3) is 7.88. The molecule has 18 heavy (non-hydrogen) atoms. The van der Waals surface area contributed by atoms with Crippen LogP contribution in [0.2, 0.25) is 0 Å². The Labute approximate surface area is 111 Å². The summed E-state index contributed by atoms with van der Waals surface area (Å²) in [6.45, 7) is 6.10. The van der Waals surface area contributed by atoms with Crippen LogP contribution in [-0.2, 0) is 17.6 Å². The van der Waals surface area contributed by atoms with Gasteiger partial charge < -0.3 is 5.11 Å². The summed E-state index contributed by atoms with van der Waals surface area (Å²) in [5.74, 6) is -0.745. The smallest absolute Gasteiger partial charge is 0.303 e. The molecule has 0 unspecified atom stereocenters. The topological polar surface area (TPSA) is 37.3 Å². The lowest BCUT2D eigenvalue weighted by Crippen LogP contribution is -1.93. The van der Waals surface area contributed by atoms with E-state index in [1.165, 1.54) is 32.1 Å². The first kappa shape index (κ1) is 16.7. The summed E-state index contributed by atoms with van der Waals surface area (Å²) >= 11 is 0. The van der Waals surface area contributed by atoms with E-state index in [2.05, 4.69) is 38.1 Å². The maximum absolute atomic E-state index is 9.37. The molecule has 2 heteroatoms. The standard InChI is InChI=1S/C13H20.C3H6O2/c1-3-5-9-13-11-7-6-10-12(13)8-4-2;1-2-3(4)5/h6-7,10-11H,3-5,8-9H2,1-2H3;2H2,1H3,(H,4,5). The zero-order valence-electron chi connectivity index (χ0n) is 11.9. The summed E-state index contributed by atoms with van der Waals surface area (Å²) in [7, 11) is 0. The van der Waals surface area contributed by atoms with Crippen LogP contribution < -0.4 is 0 Å². The van der Waals surface area contributed by atoms with E-state index in [9.17, 15) is 4.79 Å². The van der Waals surface area contributed by atoms with Gasteiger partial charge in [0, 0.05) is 6.42 Å². The third-order valence-electron chi connectivity index (χ3n) is 2.74. The average molecular weight is 250 g/mol. The summed E-state index contributed by atoms with van der Waals surface area (Å²) in [6.07, 6.45) is 6.58. The number of hydrogen-bond donors (Lipinski definition) is 1. The Hall–Kier alpha value is -1.31. The predicted octanol–water partition coefficient (Wildman–Crippen LogP) is 4.46. The van der Waals surface area contributed by atoms with Gasteiger partial charge in [-0.15, -0.1) is 0 Å². The largest absolute Gasteiger partial charge is 0.481 e. The van der Waals surface area contributed by atoms with Crippen molar-refractivity contribution in [3.05, 3.63) is 35.4 Å². The minimum Gasteiger partial charge on any atom is -0.481 e. The zero-order valence-corrected chi connectivity index (χ0v) is 11.9. The molecule has 1 aromatic carbocycles. The molecule has 0 aliphatic rings. The molecule has 0 heterocycles. The van der Waals surface area contributed by atoms with Crippen molar-refractivity contribution >= 4 is 5.97 Å². The van der Waals surface area contributed by atoms with Crippen molar-refractivity contribution in [2.24, 2.45) is 0 Å². The molecule has 1 rings (SSSR count). The van der Waals surface area contributed by atoms with Gasteiger partial charge >= 0.3 is 5.97 Å². The van der Waals surface area contributed by atoms with E-state index in [1.54, 1.807) is 18.1 Å². The summed E-state index contributed by atoms with van der Waals surface area (Å²) < 4.78 is 0. The Morgan fingerprint density at radius 1 is 1.00 bits per heavy atom. The summed E-state index contributed by atoms with van der Waals surface area (Å²) in [5, 5.41) is 7.72. The Kier molecular flexibility index (Phi) is 10.0. The minimum atomic E-state index is -0.745. The van der Waals surface area contributed by atoms with E-state index in [0.717, 1.165) is 0 Å². The first-order chi connectivity index (χ1) is 8.65. The summed E-state index contributed by atoms with van der Waals surface area (Å²) in [4.78, 5) is 9.37. The molecule has 2 nitrogen and oxygen atoms in total. The normalized spacial score (nSPS) is 9.50. The number of carbonyl (C=O) groups is 1. The number of rotatable bonds is 6. The molecule has 0 bridgehead atoms. The predicted molar refractivity (Wildman–Crippen MR) is 77.0 cm³/mol. The lowest BCUT2D eigenvalue weighted by Gasteiger charge is -2.07. The molecule has 0 fully saturated rings. The van der Waals surface area contributed by atoms with Crippen LogP contribution in [0.25, 0.3) is 0 Å². The Balaban J connectivity index is 0.000000494. The highest BCUT2D eigenvalue weighted by atomic mass is 16.4. The lowest BCUT2D eigenvalue weighted by atomic mass is 9.99. The van der Waals surface area contributed by atoms with Gasteiger partial charge in [-0.2, -0.15) is 0 Å². The Bertz CT molecular complexity index is 332. The second kappa shape index (κ2) is 10.8. The van der Waals surface area contributed by atoms with Crippen molar-refractivity contribution in [1.29, 1.82) is 0 Å². The van der Waals surface area contributed by atoms with Gasteiger partial charge in [0.15, 0.2) is 0 Å². The highest BCUT2D eigenvalue weighted by molar-refractivity contribution is 5.66. The van der Waals surface area contributed by atoms with Gasteiger partial charge in [0.05, 0.1) is 0 Å². The number of carboxylic acid groups (broad SMARTS) is 1. The molecular weight excluding hydrogens is 224 g/mol. The van der Waals surface area contributed by atoms with Gasteiger partial charge in [0.25, 0.3) is 0 Å². The van der Waals surface area contributed by atoms with Crippen LogP contribution in [0.5, 0.6) is 0 Å². The van der Waals surface area contributed by atoms with E-state index >= 15 is 0 Å². The molecule has 0 radical (unpaired) electrons. The van der Waals surface area contributed by atoms with Crippen LogP contribution in [0.3, 0.4) is 0 Å². The van der Waals surface area contributed by atoms with Gasteiger partial charge in [-0.3, -0.25) is 4.79 Å². The van der Waals surface area contributed by atoms with Crippen LogP contribution >= 0.6 is 0 Å². The van der Waals surface area contributed by atoms with Gasteiger partial charge in [-0.25, -0.2) is 0 Å². The van der Waals surface area contributed by atoms with Crippen molar-refractivity contribution in [2.75, 3.05) is 0 Å². The van der Waals surface area contributed by atoms with Crippen LogP contribution in [0.15, 0.2) is 24.3 Å². The first-order valence-corrected chi connectivity index (χ1v) is 6.94. The van der Waals surface area contributed by atoms with E-state index < -0.39 is 5.97 Å². The van der Waals surface area contributed by atoms with E-state index in [1.807, 2.05) is 0 Å². The molecule has 0 spiro atoms. The van der Waals surface area contributed by atoms with Crippen LogP contribution in [-0.4, -0.2) is 11.1 Å². The number of unbranched alkanes of at least 4 members (excludes halogenated alkanes) is 1. The molecule has 0 aliphatic heterocycles. The summed E-state index contributed by atoms with van der Waals surface area (Å²) in [5.41, 5.74) is 3.12. The van der Waals surface area contributed by atoms with E-state index in [-0.39, 0.29) is 6.42 Å². The average Bonchev–Trinajstić information content (AvgIpc) is 2.39. The molecule has 0 saturated carbocycles. The number of hydrogen-bond acceptors (Lipinski definition) is 1. The molecule has 0 atom stereocenters. The number of benzene rings is 1. The minimum absolute atomic E-state index is 0.222. The van der Waals surface area contributed by atoms with Crippen molar-refractivity contribution in [1.82, 2.24) is 0 Å². The molecule has 102 valence electrons. The fourth-order valence-electron chi connectivity index (χ4n) is 1.68. The number of aliphatic carboxylic acids is 1. The first-order valence-electron chi connectivity index (χ1n) is 6.94. The lowest BCUT2D eigenvalue weighted by molar-refractivity contribution is -0.136. The molecular formula is C16H26O2. The van der Waals surface area contributed by atoms with Crippen molar-refractivity contribution < 1.29 is 9.90 Å². The highest BCUT2D eigenvalue weighted by Crippen LogP contribution is 2.13. The van der Waals surface area contributed by atoms with Crippen LogP contribution in [0.1, 0.15) is 57.6 Å². The molecule has 0 aromatic heterocycles. The SMILES string of the molecule is CCC(=O)O.CCCCc1ccccc1CCC. The van der Waals surface area contributed by atoms with Crippen LogP contribution in [0.4, 0.5) is 0 Å². The Morgan fingerprint density at radius 3 is 1.89 bits per heavy atom. The summed E-state index contributed by atoms with van der Waals surface area (Å²) in [6, 6.07) is 8.86. The zero-order chi connectivity index (χ0) is 13.8. The fraction of sp³-hybridized carbons (Fsp3) is 0.562. The fourth-order valence-corrected chi connectivity index (χ4v) is 1.68. The molecule has 0 saturated heterocycles. The second-order valence-corrected chi connectivity index (χ2v) is 4.37. The third-order valence-corrected chi connectivity index (χ3v) is 2.74. The quantitative estimate of drug-likeness (QED) is 0.809.